The molecule has 0 rings (SSSR count). The molecule has 0 aliphatic heterocycles. The van der Waals surface area contributed by atoms with Crippen LogP contribution in [0.15, 0.2) is 0 Å². The number of hydrogen-bond donors (Lipinski definition) is 0. The lowest BCUT2D eigenvalue weighted by atomic mass is 10.2. The minimum Gasteiger partial charge on any atom is -0.0776 e. The lowest BCUT2D eigenvalue weighted by Crippen LogP contribution is -1.66. The highest BCUT2D eigenvalue weighted by atomic mass is 13.8. The second kappa shape index (κ2) is 770. The van der Waals surface area contributed by atoms with Crippen LogP contribution < -0.4 is 0 Å². The molecule has 0 amide bonds. The monoisotopic (exact) mass is 719 g/mol. The fraction of sp³-hybridized carbons (Fsp3) is 1.00. The van der Waals surface area contributed by atoms with Crippen molar-refractivity contribution < 1.29 is 0 Å². The van der Waals surface area contributed by atoms with Gasteiger partial charge in [-0.15, -0.1) is 0 Å². The van der Waals surface area contributed by atoms with Gasteiger partial charge in [-0.1, -0.05) is 332 Å². The molecule has 0 unspecified atom stereocenters. The first kappa shape index (κ1) is 344. The van der Waals surface area contributed by atoms with Crippen LogP contribution >= 0.6 is 0 Å². The van der Waals surface area contributed by atoms with Gasteiger partial charge in [0, 0.05) is 0 Å². The highest BCUT2D eigenvalue weighted by molar-refractivity contribution is 4.31. The quantitative estimate of drug-likeness (QED) is 0.248. The second-order valence-corrected chi connectivity index (χ2v) is 5.83. The van der Waals surface area contributed by atoms with Crippen LogP contribution in [0, 0.1) is 0 Å². The third-order valence-electron chi connectivity index (χ3n) is 1.96. The van der Waals surface area contributed by atoms with Gasteiger partial charge in [0.1, 0.15) is 0 Å². The number of unbranched alkanes of at least 4 members (excludes halogenated alkanes) is 5. The lowest BCUT2D eigenvalue weighted by molar-refractivity contribution is 0.702. The number of hydrogen-bond acceptors (Lipinski definition) is 0. The molecule has 0 spiro atoms. The van der Waals surface area contributed by atoms with Crippen molar-refractivity contribution in [2.45, 2.75) is 332 Å². The first-order valence-corrected chi connectivity index (χ1v) is 11.0. The highest BCUT2D eigenvalue weighted by Crippen LogP contribution is 1.95. The summed E-state index contributed by atoms with van der Waals surface area (Å²) in [4.78, 5) is 0. The predicted octanol–water partition coefficient (Wildman–Crippen LogP) is 25.7. The summed E-state index contributed by atoms with van der Waals surface area (Å²) >= 11 is 0. The Labute approximate surface area is 331 Å². The van der Waals surface area contributed by atoms with Crippen molar-refractivity contribution in [1.82, 2.24) is 0 Å². The van der Waals surface area contributed by atoms with Gasteiger partial charge in [0.05, 0.1) is 0 Å². The van der Waals surface area contributed by atoms with Crippen molar-refractivity contribution >= 4 is 0 Å². The summed E-state index contributed by atoms with van der Waals surface area (Å²) in [5.41, 5.74) is 0. The van der Waals surface area contributed by atoms with E-state index >= 15 is 0 Å². The first-order valence-electron chi connectivity index (χ1n) is 11.0. The van der Waals surface area contributed by atoms with Crippen molar-refractivity contribution in [3.63, 3.8) is 0 Å². The normalized spacial score (nSPS) is 3.57. The summed E-state index contributed by atoms with van der Waals surface area (Å²) in [6, 6.07) is 0. The van der Waals surface area contributed by atoms with Gasteiger partial charge in [-0.2, -0.15) is 0 Å². The molecule has 0 radical (unpaired) electrons. The fourth-order valence-corrected chi connectivity index (χ4v) is 0.500. The van der Waals surface area contributed by atoms with E-state index in [2.05, 4.69) is 83.1 Å². The van der Waals surface area contributed by atoms with Crippen molar-refractivity contribution in [2.24, 2.45) is 0 Å². The fourth-order valence-electron chi connectivity index (χ4n) is 0.500. The Morgan fingerprint density at radius 3 is 0.234 bits per heavy atom. The van der Waals surface area contributed by atoms with E-state index in [-0.39, 0.29) is 178 Å². The molecular formula is C47H154. The van der Waals surface area contributed by atoms with Crippen LogP contribution in [0.2, 0.25) is 0 Å². The van der Waals surface area contributed by atoms with Crippen LogP contribution in [0.25, 0.3) is 0 Å². The van der Waals surface area contributed by atoms with Gasteiger partial charge in [-0.3, -0.25) is 0 Å². The van der Waals surface area contributed by atoms with E-state index in [0.717, 1.165) is 0 Å². The Morgan fingerprint density at radius 2 is 0.213 bits per heavy atom. The van der Waals surface area contributed by atoms with Crippen LogP contribution in [0.1, 0.15) is 332 Å². The Balaban J connectivity index is -0.00000000242. The average Bonchev–Trinajstić information content (AvgIpc) is 2.55. The summed E-state index contributed by atoms with van der Waals surface area (Å²) in [5.74, 6) is 0. The third kappa shape index (κ3) is 3560. The standard InChI is InChI=1S/C6H14.2C4H10.3C3H8.24CH4/c1-3-5-6-4-2;2*1-3-4-2;3*1-3-2;;;;;;;;;;;;;;;;;;;;;;;;/h3-6H2,1-2H3;2*3-4H2,1-2H3;3*3H2,1-2H3;24*1H4. The van der Waals surface area contributed by atoms with E-state index in [1.165, 1.54) is 70.6 Å². The lowest BCUT2D eigenvalue weighted by Gasteiger charge is -1.86. The van der Waals surface area contributed by atoms with Crippen molar-refractivity contribution in [1.29, 1.82) is 0 Å². The second-order valence-electron chi connectivity index (χ2n) is 5.83. The Morgan fingerprint density at radius 1 is 0.149 bits per heavy atom. The van der Waals surface area contributed by atoms with Gasteiger partial charge in [-0.25, -0.2) is 0 Å². The van der Waals surface area contributed by atoms with Crippen LogP contribution in [0.5, 0.6) is 0 Å². The molecule has 0 fully saturated rings. The van der Waals surface area contributed by atoms with Gasteiger partial charge in [-0.05, 0) is 0 Å². The van der Waals surface area contributed by atoms with Gasteiger partial charge in [0.15, 0.2) is 0 Å². The van der Waals surface area contributed by atoms with Gasteiger partial charge < -0.3 is 0 Å². The molecule has 0 heteroatoms. The SMILES string of the molecule is C.C.C.C.C.C.C.C.C.C.C.C.C.C.C.C.C.C.C.C.C.C.C.C.CCC.CCC.CCC.CCCC.CCCC.CCCCCC. The zero-order valence-electron chi connectivity index (χ0n) is 19.8. The minimum atomic E-state index is 0. The first-order chi connectivity index (χ1) is 11.0. The molecule has 0 atom stereocenters. The zero-order valence-corrected chi connectivity index (χ0v) is 19.8. The zero-order chi connectivity index (χ0) is 19.8. The summed E-state index contributed by atoms with van der Waals surface area (Å²) < 4.78 is 0. The minimum absolute atomic E-state index is 0. The molecule has 0 aromatic carbocycles. The molecule has 0 saturated carbocycles. The number of rotatable bonds is 5. The topological polar surface area (TPSA) is 0 Å². The van der Waals surface area contributed by atoms with E-state index in [9.17, 15) is 0 Å². The highest BCUT2D eigenvalue weighted by Gasteiger charge is 1.75. The summed E-state index contributed by atoms with van der Waals surface area (Å²) in [6.07, 6.45) is 14.6. The van der Waals surface area contributed by atoms with Crippen molar-refractivity contribution in [3.8, 4) is 0 Å². The molecule has 0 heterocycles. The third-order valence-corrected chi connectivity index (χ3v) is 1.96. The van der Waals surface area contributed by atoms with Crippen molar-refractivity contribution in [3.05, 3.63) is 0 Å². The Bertz CT molecular complexity index is 59.4. The molecule has 0 bridgehead atoms. The molecule has 0 aromatic rings. The smallest absolute Gasteiger partial charge is 0.0536 e. The van der Waals surface area contributed by atoms with Crippen LogP contribution in [0.4, 0.5) is 0 Å². The molecule has 0 aromatic heterocycles. The van der Waals surface area contributed by atoms with E-state index in [1.54, 1.807) is 0 Å². The maximum atomic E-state index is 2.23. The van der Waals surface area contributed by atoms with E-state index in [1.807, 2.05) is 0 Å². The maximum Gasteiger partial charge on any atom is -0.0536 e. The van der Waals surface area contributed by atoms with Crippen LogP contribution in [0.3, 0.4) is 0 Å². The van der Waals surface area contributed by atoms with E-state index in [0.29, 0.717) is 0 Å². The molecule has 47 heavy (non-hydrogen) atoms. The van der Waals surface area contributed by atoms with Gasteiger partial charge in [0.2, 0.25) is 0 Å². The Kier molecular flexibility index (Phi) is 5640. The van der Waals surface area contributed by atoms with Gasteiger partial charge >= 0.3 is 0 Å². The van der Waals surface area contributed by atoms with E-state index < -0.39 is 0 Å². The largest absolute Gasteiger partial charge is 0.0776 e. The molecular weight excluding hydrogens is 565 g/mol. The van der Waals surface area contributed by atoms with Crippen LogP contribution in [-0.2, 0) is 0 Å². The molecule has 342 valence electrons. The average molecular weight is 720 g/mol. The van der Waals surface area contributed by atoms with Crippen LogP contribution in [-0.4, -0.2) is 0 Å². The molecule has 0 saturated heterocycles. The maximum absolute atomic E-state index is 2.23. The molecule has 0 N–H and O–H groups in total. The molecule has 0 nitrogen and oxygen atoms in total. The Hall–Kier alpha value is 0. The summed E-state index contributed by atoms with van der Waals surface area (Å²) in [5, 5.41) is 0. The van der Waals surface area contributed by atoms with E-state index in [4.69, 9.17) is 0 Å². The molecule has 0 aliphatic carbocycles. The molecule has 0 aliphatic rings. The predicted molar refractivity (Wildman–Crippen MR) is 280 cm³/mol. The summed E-state index contributed by atoms with van der Waals surface area (Å²) in [7, 11) is 0. The van der Waals surface area contributed by atoms with Gasteiger partial charge in [0.25, 0.3) is 0 Å². The summed E-state index contributed by atoms with van der Waals surface area (Å²) in [6.45, 7) is 25.9. The van der Waals surface area contributed by atoms with Crippen molar-refractivity contribution in [2.75, 3.05) is 0 Å².